The Morgan fingerprint density at radius 2 is 1.96 bits per heavy atom. The number of esters is 1. The highest BCUT2D eigenvalue weighted by Gasteiger charge is 2.30. The van der Waals surface area contributed by atoms with Crippen LogP contribution in [0, 0.1) is 11.3 Å². The van der Waals surface area contributed by atoms with Crippen molar-refractivity contribution in [3.8, 4) is 11.8 Å². The van der Waals surface area contributed by atoms with Crippen molar-refractivity contribution in [2.45, 2.75) is 19.1 Å². The predicted octanol–water partition coefficient (Wildman–Crippen LogP) is 2.39. The van der Waals surface area contributed by atoms with E-state index in [4.69, 9.17) is 14.7 Å². The minimum Gasteiger partial charge on any atom is -0.478 e. The molecular weight excluding hydrogens is 308 g/mol. The fraction of sp³-hybridized carbons (Fsp3) is 0.167. The van der Waals surface area contributed by atoms with E-state index < -0.39 is 12.1 Å². The third kappa shape index (κ3) is 3.36. The van der Waals surface area contributed by atoms with Crippen molar-refractivity contribution in [1.29, 1.82) is 5.26 Å². The second kappa shape index (κ2) is 6.84. The lowest BCUT2D eigenvalue weighted by molar-refractivity contribution is -0.149. The lowest BCUT2D eigenvalue weighted by Crippen LogP contribution is -2.38. The number of carbonyl (C=O) groups excluding carboxylic acids is 2. The summed E-state index contributed by atoms with van der Waals surface area (Å²) >= 11 is 0. The molecule has 0 saturated heterocycles. The van der Waals surface area contributed by atoms with Crippen LogP contribution in [0.2, 0.25) is 0 Å². The smallest absolute Gasteiger partial charge is 0.310 e. The van der Waals surface area contributed by atoms with Crippen LogP contribution >= 0.6 is 0 Å². The van der Waals surface area contributed by atoms with Crippen molar-refractivity contribution < 1.29 is 19.1 Å². The van der Waals surface area contributed by atoms with Gasteiger partial charge in [-0.25, -0.2) is 0 Å². The largest absolute Gasteiger partial charge is 0.478 e. The van der Waals surface area contributed by atoms with Crippen molar-refractivity contribution in [3.63, 3.8) is 0 Å². The number of nitrogens with one attached hydrogen (secondary N) is 1. The molecule has 1 amide bonds. The molecule has 0 spiro atoms. The van der Waals surface area contributed by atoms with Crippen LogP contribution in [0.4, 0.5) is 5.69 Å². The van der Waals surface area contributed by atoms with Crippen molar-refractivity contribution in [2.75, 3.05) is 5.32 Å². The Morgan fingerprint density at radius 1 is 1.21 bits per heavy atom. The van der Waals surface area contributed by atoms with Crippen LogP contribution in [0.15, 0.2) is 48.5 Å². The number of carbonyl (C=O) groups is 2. The maximum atomic E-state index is 12.0. The molecule has 6 heteroatoms. The third-order valence-corrected chi connectivity index (χ3v) is 3.59. The Labute approximate surface area is 138 Å². The van der Waals surface area contributed by atoms with Crippen LogP contribution < -0.4 is 10.1 Å². The van der Waals surface area contributed by atoms with Crippen molar-refractivity contribution in [1.82, 2.24) is 0 Å². The highest BCUT2D eigenvalue weighted by molar-refractivity contribution is 5.99. The minimum atomic E-state index is -0.932. The molecule has 0 fully saturated rings. The minimum absolute atomic E-state index is 0.0203. The molecule has 2 aromatic rings. The Morgan fingerprint density at radius 3 is 2.79 bits per heavy atom. The van der Waals surface area contributed by atoms with Crippen molar-refractivity contribution >= 4 is 17.6 Å². The van der Waals surface area contributed by atoms with Gasteiger partial charge in [0.15, 0.2) is 6.10 Å². The van der Waals surface area contributed by atoms with E-state index in [-0.39, 0.29) is 18.9 Å². The Bertz CT molecular complexity index is 826. The molecule has 1 aliphatic rings. The molecule has 3 rings (SSSR count). The van der Waals surface area contributed by atoms with Gasteiger partial charge in [0.2, 0.25) is 0 Å². The molecular formula is C18H14N2O4. The topological polar surface area (TPSA) is 88.4 Å². The highest BCUT2D eigenvalue weighted by atomic mass is 16.5. The van der Waals surface area contributed by atoms with Gasteiger partial charge in [0.25, 0.3) is 5.91 Å². The van der Waals surface area contributed by atoms with Gasteiger partial charge in [-0.3, -0.25) is 9.59 Å². The maximum absolute atomic E-state index is 12.0. The number of anilines is 1. The molecule has 0 bridgehead atoms. The molecule has 6 nitrogen and oxygen atoms in total. The van der Waals surface area contributed by atoms with Gasteiger partial charge in [-0.1, -0.05) is 30.3 Å². The first-order chi connectivity index (χ1) is 11.7. The molecule has 1 atom stereocenters. The Balaban J connectivity index is 1.60. The number of ether oxygens (including phenoxy) is 2. The monoisotopic (exact) mass is 322 g/mol. The number of fused-ring (bicyclic) bond motifs is 1. The van der Waals surface area contributed by atoms with Gasteiger partial charge in [0.1, 0.15) is 12.4 Å². The lowest BCUT2D eigenvalue weighted by Gasteiger charge is -2.25. The summed E-state index contributed by atoms with van der Waals surface area (Å²) in [6, 6.07) is 15.9. The van der Waals surface area contributed by atoms with Crippen LogP contribution in [0.5, 0.6) is 5.75 Å². The van der Waals surface area contributed by atoms with E-state index in [1.807, 2.05) is 6.07 Å². The average Bonchev–Trinajstić information content (AvgIpc) is 2.61. The first-order valence-electron chi connectivity index (χ1n) is 7.37. The molecule has 24 heavy (non-hydrogen) atoms. The van der Waals surface area contributed by atoms with Crippen LogP contribution in [-0.4, -0.2) is 18.0 Å². The fourth-order valence-corrected chi connectivity index (χ4v) is 2.35. The molecule has 0 aromatic heterocycles. The molecule has 2 aromatic carbocycles. The molecule has 0 aliphatic carbocycles. The van der Waals surface area contributed by atoms with Crippen LogP contribution in [0.1, 0.15) is 17.5 Å². The van der Waals surface area contributed by atoms with E-state index in [2.05, 4.69) is 5.32 Å². The van der Waals surface area contributed by atoms with Crippen LogP contribution in [0.25, 0.3) is 0 Å². The van der Waals surface area contributed by atoms with E-state index in [0.29, 0.717) is 22.6 Å². The van der Waals surface area contributed by atoms with Gasteiger partial charge >= 0.3 is 5.97 Å². The SMILES string of the molecule is N#Cc1ccccc1COC(=O)C[C@H]1Oc2ccccc2NC1=O. The van der Waals surface area contributed by atoms with E-state index in [1.165, 1.54) is 0 Å². The number of hydrogen-bond acceptors (Lipinski definition) is 5. The summed E-state index contributed by atoms with van der Waals surface area (Å²) in [5, 5.41) is 11.7. The Hall–Kier alpha value is -3.33. The first-order valence-corrected chi connectivity index (χ1v) is 7.37. The number of hydrogen-bond donors (Lipinski definition) is 1. The zero-order valence-electron chi connectivity index (χ0n) is 12.7. The second-order valence-electron chi connectivity index (χ2n) is 5.23. The van der Waals surface area contributed by atoms with E-state index in [1.54, 1.807) is 48.5 Å². The van der Waals surface area contributed by atoms with E-state index in [9.17, 15) is 9.59 Å². The quantitative estimate of drug-likeness (QED) is 0.873. The summed E-state index contributed by atoms with van der Waals surface area (Å²) in [4.78, 5) is 24.0. The number of amides is 1. The number of nitriles is 1. The number of rotatable bonds is 4. The van der Waals surface area contributed by atoms with Gasteiger partial charge in [-0.15, -0.1) is 0 Å². The molecule has 0 unspecified atom stereocenters. The van der Waals surface area contributed by atoms with Gasteiger partial charge in [0.05, 0.1) is 23.7 Å². The predicted molar refractivity (Wildman–Crippen MR) is 85.1 cm³/mol. The Kier molecular flexibility index (Phi) is 4.43. The molecule has 1 N–H and O–H groups in total. The summed E-state index contributed by atoms with van der Waals surface area (Å²) < 4.78 is 10.7. The fourth-order valence-electron chi connectivity index (χ4n) is 2.35. The number of benzene rings is 2. The first kappa shape index (κ1) is 15.6. The van der Waals surface area contributed by atoms with E-state index >= 15 is 0 Å². The number of para-hydroxylation sites is 2. The van der Waals surface area contributed by atoms with E-state index in [0.717, 1.165) is 0 Å². The van der Waals surface area contributed by atoms with Crippen molar-refractivity contribution in [3.05, 3.63) is 59.7 Å². The average molecular weight is 322 g/mol. The maximum Gasteiger partial charge on any atom is 0.310 e. The van der Waals surface area contributed by atoms with Crippen molar-refractivity contribution in [2.24, 2.45) is 0 Å². The summed E-state index contributed by atoms with van der Waals surface area (Å²) in [6.45, 7) is -0.0203. The van der Waals surface area contributed by atoms with Crippen LogP contribution in [0.3, 0.4) is 0 Å². The molecule has 1 aliphatic heterocycles. The van der Waals surface area contributed by atoms with Gasteiger partial charge < -0.3 is 14.8 Å². The molecule has 0 saturated carbocycles. The molecule has 1 heterocycles. The lowest BCUT2D eigenvalue weighted by atomic mass is 10.1. The molecule has 0 radical (unpaired) electrons. The zero-order chi connectivity index (χ0) is 16.9. The summed E-state index contributed by atoms with van der Waals surface area (Å²) in [6.07, 6.45) is -1.13. The second-order valence-corrected chi connectivity index (χ2v) is 5.23. The zero-order valence-corrected chi connectivity index (χ0v) is 12.7. The van der Waals surface area contributed by atoms with Gasteiger partial charge in [0, 0.05) is 5.56 Å². The summed E-state index contributed by atoms with van der Waals surface area (Å²) in [5.74, 6) is -0.435. The van der Waals surface area contributed by atoms with Gasteiger partial charge in [-0.2, -0.15) is 5.26 Å². The third-order valence-electron chi connectivity index (χ3n) is 3.59. The highest BCUT2D eigenvalue weighted by Crippen LogP contribution is 2.29. The molecule has 120 valence electrons. The van der Waals surface area contributed by atoms with Gasteiger partial charge in [-0.05, 0) is 18.2 Å². The summed E-state index contributed by atoms with van der Waals surface area (Å²) in [5.41, 5.74) is 1.65. The number of nitrogens with zero attached hydrogens (tertiary/aromatic N) is 1. The summed E-state index contributed by atoms with van der Waals surface area (Å²) in [7, 11) is 0. The standard InChI is InChI=1S/C18H14N2O4/c19-10-12-5-1-2-6-13(12)11-23-17(21)9-16-18(22)20-14-7-3-4-8-15(14)24-16/h1-8,16H,9,11H2,(H,20,22)/t16-/m1/s1. The normalized spacial score (nSPS) is 15.5. The van der Waals surface area contributed by atoms with Crippen LogP contribution in [-0.2, 0) is 20.9 Å².